The molecule has 1 aliphatic carbocycles. The van der Waals surface area contributed by atoms with E-state index in [4.69, 9.17) is 11.6 Å². The Hall–Kier alpha value is -1.45. The molecule has 2 aromatic carbocycles. The van der Waals surface area contributed by atoms with E-state index in [1.165, 1.54) is 5.56 Å². The molecule has 0 bridgehead atoms. The molecule has 1 amide bonds. The van der Waals surface area contributed by atoms with E-state index in [0.717, 1.165) is 17.7 Å². The van der Waals surface area contributed by atoms with E-state index in [1.807, 2.05) is 24.5 Å². The van der Waals surface area contributed by atoms with Crippen molar-refractivity contribution in [1.82, 2.24) is 5.32 Å². The molecule has 3 rings (SSSR count). The standard InChI is InChI=1S/C18H18ClNOS/c1-22-14-7-8-16(19)15(11-14)17(21)20-12-18(9-10-18)13-5-3-2-4-6-13/h2-8,11H,9-10,12H2,1H3,(H,20,21). The quantitative estimate of drug-likeness (QED) is 0.816. The van der Waals surface area contributed by atoms with Crippen LogP contribution < -0.4 is 5.32 Å². The maximum absolute atomic E-state index is 12.4. The minimum Gasteiger partial charge on any atom is -0.351 e. The number of halogens is 1. The molecule has 2 aromatic rings. The van der Waals surface area contributed by atoms with Gasteiger partial charge in [-0.1, -0.05) is 41.9 Å². The molecule has 0 heterocycles. The Balaban J connectivity index is 1.71. The Morgan fingerprint density at radius 3 is 2.59 bits per heavy atom. The van der Waals surface area contributed by atoms with Crippen molar-refractivity contribution >= 4 is 29.3 Å². The number of hydrogen-bond acceptors (Lipinski definition) is 2. The van der Waals surface area contributed by atoms with Crippen molar-refractivity contribution in [1.29, 1.82) is 0 Å². The fraction of sp³-hybridized carbons (Fsp3) is 0.278. The summed E-state index contributed by atoms with van der Waals surface area (Å²) in [7, 11) is 0. The van der Waals surface area contributed by atoms with Gasteiger partial charge in [0.15, 0.2) is 0 Å². The normalized spacial score (nSPS) is 15.4. The third-order valence-corrected chi connectivity index (χ3v) is 5.30. The van der Waals surface area contributed by atoms with E-state index in [0.29, 0.717) is 17.1 Å². The Bertz CT molecular complexity index is 683. The van der Waals surface area contributed by atoms with Crippen molar-refractivity contribution in [3.8, 4) is 0 Å². The maximum Gasteiger partial charge on any atom is 0.252 e. The first-order valence-electron chi connectivity index (χ1n) is 7.32. The number of benzene rings is 2. The van der Waals surface area contributed by atoms with Crippen molar-refractivity contribution < 1.29 is 4.79 Å². The van der Waals surface area contributed by atoms with Crippen LogP contribution in [-0.4, -0.2) is 18.7 Å². The molecule has 0 spiro atoms. The number of nitrogens with one attached hydrogen (secondary N) is 1. The van der Waals surface area contributed by atoms with Gasteiger partial charge in [-0.15, -0.1) is 11.8 Å². The van der Waals surface area contributed by atoms with Gasteiger partial charge in [-0.25, -0.2) is 0 Å². The number of carbonyl (C=O) groups excluding carboxylic acids is 1. The topological polar surface area (TPSA) is 29.1 Å². The second-order valence-electron chi connectivity index (χ2n) is 5.67. The molecular weight excluding hydrogens is 314 g/mol. The van der Waals surface area contributed by atoms with Crippen LogP contribution in [0.1, 0.15) is 28.8 Å². The second kappa shape index (κ2) is 6.35. The molecule has 1 fully saturated rings. The average Bonchev–Trinajstić information content (AvgIpc) is 3.35. The van der Waals surface area contributed by atoms with Crippen LogP contribution >= 0.6 is 23.4 Å². The summed E-state index contributed by atoms with van der Waals surface area (Å²) in [5.74, 6) is -0.0943. The predicted octanol–water partition coefficient (Wildman–Crippen LogP) is 4.52. The zero-order valence-electron chi connectivity index (χ0n) is 12.4. The molecule has 2 nitrogen and oxygen atoms in total. The van der Waals surface area contributed by atoms with Crippen LogP contribution in [0.5, 0.6) is 0 Å². The molecule has 0 unspecified atom stereocenters. The lowest BCUT2D eigenvalue weighted by atomic mass is 9.96. The van der Waals surface area contributed by atoms with E-state index in [1.54, 1.807) is 17.8 Å². The predicted molar refractivity (Wildman–Crippen MR) is 92.9 cm³/mol. The number of hydrogen-bond donors (Lipinski definition) is 1. The van der Waals surface area contributed by atoms with Crippen molar-refractivity contribution in [2.75, 3.05) is 12.8 Å². The summed E-state index contributed by atoms with van der Waals surface area (Å²) in [4.78, 5) is 13.5. The van der Waals surface area contributed by atoms with Gasteiger partial charge >= 0.3 is 0 Å². The van der Waals surface area contributed by atoms with E-state index in [2.05, 4.69) is 29.6 Å². The summed E-state index contributed by atoms with van der Waals surface area (Å²) in [6, 6.07) is 16.0. The number of amides is 1. The van der Waals surface area contributed by atoms with Gasteiger partial charge in [0.2, 0.25) is 0 Å². The van der Waals surface area contributed by atoms with Gasteiger partial charge in [-0.05, 0) is 42.9 Å². The van der Waals surface area contributed by atoms with Gasteiger partial charge in [-0.3, -0.25) is 4.79 Å². The number of rotatable bonds is 5. The van der Waals surface area contributed by atoms with Crippen LogP contribution in [0, 0.1) is 0 Å². The first kappa shape index (κ1) is 15.4. The highest BCUT2D eigenvalue weighted by molar-refractivity contribution is 7.98. The highest BCUT2D eigenvalue weighted by atomic mass is 35.5. The minimum absolute atomic E-state index is 0.0943. The SMILES string of the molecule is CSc1ccc(Cl)c(C(=O)NCC2(c3ccccc3)CC2)c1. The minimum atomic E-state index is -0.0943. The summed E-state index contributed by atoms with van der Waals surface area (Å²) in [6.07, 6.45) is 4.23. The molecule has 1 saturated carbocycles. The van der Waals surface area contributed by atoms with Gasteiger partial charge in [0.1, 0.15) is 0 Å². The summed E-state index contributed by atoms with van der Waals surface area (Å²) in [6.45, 7) is 0.662. The molecule has 22 heavy (non-hydrogen) atoms. The molecule has 0 atom stereocenters. The second-order valence-corrected chi connectivity index (χ2v) is 6.96. The van der Waals surface area contributed by atoms with Gasteiger partial charge in [0.05, 0.1) is 10.6 Å². The molecule has 1 aliphatic rings. The van der Waals surface area contributed by atoms with Gasteiger partial charge in [0, 0.05) is 16.9 Å². The molecule has 1 N–H and O–H groups in total. The average molecular weight is 332 g/mol. The summed E-state index contributed by atoms with van der Waals surface area (Å²) >= 11 is 7.76. The largest absolute Gasteiger partial charge is 0.351 e. The van der Waals surface area contributed by atoms with Crippen LogP contribution in [0.3, 0.4) is 0 Å². The lowest BCUT2D eigenvalue weighted by Crippen LogP contribution is -2.32. The Kier molecular flexibility index (Phi) is 4.46. The van der Waals surface area contributed by atoms with Crippen LogP contribution in [0.15, 0.2) is 53.4 Å². The maximum atomic E-state index is 12.4. The molecule has 0 saturated heterocycles. The van der Waals surface area contributed by atoms with E-state index in [-0.39, 0.29) is 11.3 Å². The Morgan fingerprint density at radius 1 is 1.23 bits per heavy atom. The lowest BCUT2D eigenvalue weighted by molar-refractivity contribution is 0.0949. The monoisotopic (exact) mass is 331 g/mol. The number of thioether (sulfide) groups is 1. The summed E-state index contributed by atoms with van der Waals surface area (Å²) in [5, 5.41) is 3.56. The van der Waals surface area contributed by atoms with Gasteiger partial charge < -0.3 is 5.32 Å². The Labute approximate surface area is 140 Å². The summed E-state index contributed by atoms with van der Waals surface area (Å²) in [5.41, 5.74) is 1.97. The fourth-order valence-electron chi connectivity index (χ4n) is 2.66. The van der Waals surface area contributed by atoms with Crippen LogP contribution in [-0.2, 0) is 5.41 Å². The van der Waals surface area contributed by atoms with E-state index < -0.39 is 0 Å². The van der Waals surface area contributed by atoms with Crippen molar-refractivity contribution in [2.24, 2.45) is 0 Å². The van der Waals surface area contributed by atoms with Crippen molar-refractivity contribution in [3.05, 3.63) is 64.7 Å². The van der Waals surface area contributed by atoms with E-state index >= 15 is 0 Å². The summed E-state index contributed by atoms with van der Waals surface area (Å²) < 4.78 is 0. The number of carbonyl (C=O) groups is 1. The Morgan fingerprint density at radius 2 is 1.95 bits per heavy atom. The van der Waals surface area contributed by atoms with Gasteiger partial charge in [0.25, 0.3) is 5.91 Å². The molecule has 0 radical (unpaired) electrons. The lowest BCUT2D eigenvalue weighted by Gasteiger charge is -2.17. The third-order valence-electron chi connectivity index (χ3n) is 4.25. The molecule has 4 heteroatoms. The van der Waals surface area contributed by atoms with Crippen LogP contribution in [0.25, 0.3) is 0 Å². The van der Waals surface area contributed by atoms with Crippen LogP contribution in [0.4, 0.5) is 0 Å². The molecular formula is C18H18ClNOS. The first-order valence-corrected chi connectivity index (χ1v) is 8.92. The highest BCUT2D eigenvalue weighted by Gasteiger charge is 2.44. The zero-order valence-corrected chi connectivity index (χ0v) is 14.0. The van der Waals surface area contributed by atoms with E-state index in [9.17, 15) is 4.79 Å². The molecule has 0 aromatic heterocycles. The van der Waals surface area contributed by atoms with Crippen molar-refractivity contribution in [3.63, 3.8) is 0 Å². The first-order chi connectivity index (χ1) is 10.6. The molecule has 0 aliphatic heterocycles. The third kappa shape index (κ3) is 3.16. The zero-order chi connectivity index (χ0) is 15.6. The fourth-order valence-corrected chi connectivity index (χ4v) is 3.30. The highest BCUT2D eigenvalue weighted by Crippen LogP contribution is 2.47. The molecule has 114 valence electrons. The van der Waals surface area contributed by atoms with Crippen molar-refractivity contribution in [2.45, 2.75) is 23.2 Å². The van der Waals surface area contributed by atoms with Crippen LogP contribution in [0.2, 0.25) is 5.02 Å². The van der Waals surface area contributed by atoms with Gasteiger partial charge in [-0.2, -0.15) is 0 Å². The smallest absolute Gasteiger partial charge is 0.252 e.